The first-order valence-corrected chi connectivity index (χ1v) is 13.9. The van der Waals surface area contributed by atoms with Gasteiger partial charge in [-0.1, -0.05) is 84.1 Å². The molecular formula is C33H25FN2O4S. The number of benzene rings is 4. The number of methoxy groups -OCH3 is 1. The Morgan fingerprint density at radius 2 is 1.73 bits per heavy atom. The molecule has 4 aromatic carbocycles. The SMILES string of the molecule is CCOC(=O)C1=C(c2ccccc2)N=c2s/c(=C/c3c(OC)ccc4ccccc34)c(=O)n2[C@@H]1c1ccc(F)cc1. The van der Waals surface area contributed by atoms with Gasteiger partial charge in [-0.2, -0.15) is 0 Å². The van der Waals surface area contributed by atoms with Crippen molar-refractivity contribution in [2.45, 2.75) is 13.0 Å². The number of carbonyl (C=O) groups is 1. The zero-order chi connectivity index (χ0) is 28.5. The van der Waals surface area contributed by atoms with E-state index in [2.05, 4.69) is 0 Å². The Hall–Kier alpha value is -4.82. The molecule has 41 heavy (non-hydrogen) atoms. The van der Waals surface area contributed by atoms with Crippen molar-refractivity contribution < 1.29 is 18.7 Å². The van der Waals surface area contributed by atoms with Crippen molar-refractivity contribution in [1.29, 1.82) is 0 Å². The maximum atomic E-state index is 14.2. The molecule has 0 unspecified atom stereocenters. The van der Waals surface area contributed by atoms with Crippen LogP contribution in [0.3, 0.4) is 0 Å². The van der Waals surface area contributed by atoms with Gasteiger partial charge in [0.2, 0.25) is 0 Å². The van der Waals surface area contributed by atoms with Gasteiger partial charge in [0.05, 0.1) is 35.6 Å². The van der Waals surface area contributed by atoms with E-state index in [0.29, 0.717) is 31.9 Å². The van der Waals surface area contributed by atoms with Crippen LogP contribution in [0.15, 0.2) is 106 Å². The second-order valence-corrected chi connectivity index (χ2v) is 10.4. The van der Waals surface area contributed by atoms with Crippen molar-refractivity contribution in [3.8, 4) is 5.75 Å². The average molecular weight is 565 g/mol. The Morgan fingerprint density at radius 1 is 1.00 bits per heavy atom. The number of hydrogen-bond donors (Lipinski definition) is 0. The van der Waals surface area contributed by atoms with Crippen LogP contribution < -0.4 is 19.6 Å². The van der Waals surface area contributed by atoms with Crippen molar-refractivity contribution >= 4 is 39.9 Å². The standard InChI is InChI=1S/C33H25FN2O4S/c1-3-40-32(38)28-29(21-10-5-4-6-11-21)35-33-36(30(28)22-13-16-23(34)17-14-22)31(37)27(41-33)19-25-24-12-8-7-9-20(24)15-18-26(25)39-2/h4-19,30H,3H2,1-2H3/b27-19+/t30-/m1/s1. The van der Waals surface area contributed by atoms with Crippen LogP contribution in [0.1, 0.15) is 29.7 Å². The van der Waals surface area contributed by atoms with Gasteiger partial charge in [0.1, 0.15) is 11.6 Å². The summed E-state index contributed by atoms with van der Waals surface area (Å²) in [5, 5.41) is 1.94. The molecule has 0 fully saturated rings. The summed E-state index contributed by atoms with van der Waals surface area (Å²) in [6.07, 6.45) is 1.81. The summed E-state index contributed by atoms with van der Waals surface area (Å²) in [6.45, 7) is 1.87. The fourth-order valence-electron chi connectivity index (χ4n) is 5.13. The third-order valence-electron chi connectivity index (χ3n) is 6.99. The van der Waals surface area contributed by atoms with E-state index >= 15 is 0 Å². The van der Waals surface area contributed by atoms with Gasteiger partial charge in [0.25, 0.3) is 5.56 Å². The second-order valence-electron chi connectivity index (χ2n) is 9.39. The Balaban J connectivity index is 1.68. The smallest absolute Gasteiger partial charge is 0.338 e. The van der Waals surface area contributed by atoms with E-state index in [1.54, 1.807) is 26.2 Å². The monoisotopic (exact) mass is 564 g/mol. The van der Waals surface area contributed by atoms with Crippen LogP contribution in [0, 0.1) is 5.82 Å². The highest BCUT2D eigenvalue weighted by atomic mass is 32.1. The molecule has 0 saturated heterocycles. The van der Waals surface area contributed by atoms with Gasteiger partial charge < -0.3 is 9.47 Å². The summed E-state index contributed by atoms with van der Waals surface area (Å²) in [7, 11) is 1.59. The van der Waals surface area contributed by atoms with Gasteiger partial charge in [-0.05, 0) is 47.5 Å². The second kappa shape index (κ2) is 11.0. The van der Waals surface area contributed by atoms with E-state index in [9.17, 15) is 14.0 Å². The number of ether oxygens (including phenoxy) is 2. The molecule has 1 aliphatic rings. The molecule has 0 spiro atoms. The topological polar surface area (TPSA) is 69.9 Å². The molecule has 5 aromatic rings. The predicted molar refractivity (Wildman–Crippen MR) is 158 cm³/mol. The molecule has 1 atom stereocenters. The molecule has 6 nitrogen and oxygen atoms in total. The molecule has 0 bridgehead atoms. The molecule has 0 N–H and O–H groups in total. The molecule has 0 radical (unpaired) electrons. The lowest BCUT2D eigenvalue weighted by Crippen LogP contribution is -2.40. The van der Waals surface area contributed by atoms with Gasteiger partial charge in [0, 0.05) is 11.1 Å². The number of hydrogen-bond acceptors (Lipinski definition) is 6. The van der Waals surface area contributed by atoms with Crippen LogP contribution >= 0.6 is 11.3 Å². The molecule has 1 aromatic heterocycles. The van der Waals surface area contributed by atoms with E-state index in [1.165, 1.54) is 28.0 Å². The Labute approximate surface area is 238 Å². The highest BCUT2D eigenvalue weighted by molar-refractivity contribution is 7.07. The summed E-state index contributed by atoms with van der Waals surface area (Å²) in [5.41, 5.74) is 2.33. The Morgan fingerprint density at radius 3 is 2.46 bits per heavy atom. The number of rotatable bonds is 6. The maximum Gasteiger partial charge on any atom is 0.338 e. The zero-order valence-corrected chi connectivity index (χ0v) is 23.2. The first-order chi connectivity index (χ1) is 20.0. The van der Waals surface area contributed by atoms with Crippen molar-refractivity contribution in [2.75, 3.05) is 13.7 Å². The molecule has 0 saturated carbocycles. The molecular weight excluding hydrogens is 539 g/mol. The first-order valence-electron chi connectivity index (χ1n) is 13.1. The van der Waals surface area contributed by atoms with Crippen LogP contribution in [-0.4, -0.2) is 24.3 Å². The van der Waals surface area contributed by atoms with Crippen LogP contribution in [0.2, 0.25) is 0 Å². The lowest BCUT2D eigenvalue weighted by Gasteiger charge is -2.25. The molecule has 0 amide bonds. The van der Waals surface area contributed by atoms with Gasteiger partial charge in [0.15, 0.2) is 4.80 Å². The molecule has 204 valence electrons. The Kier molecular flexibility index (Phi) is 7.07. The lowest BCUT2D eigenvalue weighted by atomic mass is 9.93. The highest BCUT2D eigenvalue weighted by Crippen LogP contribution is 2.35. The first kappa shape index (κ1) is 26.4. The van der Waals surface area contributed by atoms with Gasteiger partial charge >= 0.3 is 5.97 Å². The van der Waals surface area contributed by atoms with Crippen molar-refractivity contribution in [3.05, 3.63) is 139 Å². The number of esters is 1. The number of nitrogens with zero attached hydrogens (tertiary/aromatic N) is 2. The molecule has 8 heteroatoms. The minimum atomic E-state index is -0.877. The van der Waals surface area contributed by atoms with Crippen LogP contribution in [0.5, 0.6) is 5.75 Å². The minimum Gasteiger partial charge on any atom is -0.496 e. The summed E-state index contributed by atoms with van der Waals surface area (Å²) < 4.78 is 27.0. The number of fused-ring (bicyclic) bond motifs is 2. The summed E-state index contributed by atoms with van der Waals surface area (Å²) in [6, 6.07) is 25.9. The van der Waals surface area contributed by atoms with E-state index in [4.69, 9.17) is 14.5 Å². The summed E-state index contributed by atoms with van der Waals surface area (Å²) in [4.78, 5) is 33.0. The van der Waals surface area contributed by atoms with Crippen LogP contribution in [-0.2, 0) is 9.53 Å². The molecule has 6 rings (SSSR count). The summed E-state index contributed by atoms with van der Waals surface area (Å²) in [5.74, 6) is -0.384. The third kappa shape index (κ3) is 4.76. The summed E-state index contributed by atoms with van der Waals surface area (Å²) >= 11 is 1.22. The van der Waals surface area contributed by atoms with Crippen LogP contribution in [0.4, 0.5) is 4.39 Å². The largest absolute Gasteiger partial charge is 0.496 e. The minimum absolute atomic E-state index is 0.145. The van der Waals surface area contributed by atoms with E-state index in [1.807, 2.05) is 72.8 Å². The fraction of sp³-hybridized carbons (Fsp3) is 0.121. The van der Waals surface area contributed by atoms with Crippen molar-refractivity contribution in [2.24, 2.45) is 4.99 Å². The van der Waals surface area contributed by atoms with Gasteiger partial charge in [-0.25, -0.2) is 14.2 Å². The Bertz CT molecular complexity index is 1990. The van der Waals surface area contributed by atoms with E-state index in [0.717, 1.165) is 16.3 Å². The number of aromatic nitrogens is 1. The van der Waals surface area contributed by atoms with E-state index in [-0.39, 0.29) is 17.7 Å². The van der Waals surface area contributed by atoms with Gasteiger partial charge in [-0.3, -0.25) is 9.36 Å². The van der Waals surface area contributed by atoms with Crippen molar-refractivity contribution in [3.63, 3.8) is 0 Å². The predicted octanol–water partition coefficient (Wildman–Crippen LogP) is 5.24. The number of carbonyl (C=O) groups excluding carboxylic acids is 1. The maximum absolute atomic E-state index is 14.2. The highest BCUT2D eigenvalue weighted by Gasteiger charge is 2.35. The number of thiazole rings is 1. The average Bonchev–Trinajstić information content (AvgIpc) is 3.31. The van der Waals surface area contributed by atoms with Crippen molar-refractivity contribution in [1.82, 2.24) is 4.57 Å². The fourth-order valence-corrected chi connectivity index (χ4v) is 6.12. The van der Waals surface area contributed by atoms with Gasteiger partial charge in [-0.15, -0.1) is 0 Å². The van der Waals surface area contributed by atoms with Crippen LogP contribution in [0.25, 0.3) is 22.5 Å². The third-order valence-corrected chi connectivity index (χ3v) is 7.97. The molecule has 2 heterocycles. The molecule has 0 aliphatic carbocycles. The zero-order valence-electron chi connectivity index (χ0n) is 22.3. The lowest BCUT2D eigenvalue weighted by molar-refractivity contribution is -0.138. The quantitative estimate of drug-likeness (QED) is 0.265. The number of halogens is 1. The molecule has 1 aliphatic heterocycles. The normalized spacial score (nSPS) is 15.0. The van der Waals surface area contributed by atoms with E-state index < -0.39 is 17.8 Å².